The van der Waals surface area contributed by atoms with Crippen molar-refractivity contribution in [3.05, 3.63) is 35.7 Å². The van der Waals surface area contributed by atoms with E-state index < -0.39 is 15.8 Å². The highest BCUT2D eigenvalue weighted by molar-refractivity contribution is 7.89. The van der Waals surface area contributed by atoms with Crippen LogP contribution in [0.4, 0.5) is 4.39 Å². The zero-order valence-corrected chi connectivity index (χ0v) is 14.7. The second-order valence-electron chi connectivity index (χ2n) is 5.66. The largest absolute Gasteiger partial charge is 0.377 e. The van der Waals surface area contributed by atoms with Gasteiger partial charge in [-0.1, -0.05) is 20.3 Å². The van der Waals surface area contributed by atoms with Crippen LogP contribution in [-0.4, -0.2) is 30.3 Å². The Kier molecular flexibility index (Phi) is 5.68. The van der Waals surface area contributed by atoms with E-state index in [0.717, 1.165) is 24.6 Å². The van der Waals surface area contributed by atoms with Crippen molar-refractivity contribution < 1.29 is 17.5 Å². The third-order valence-electron chi connectivity index (χ3n) is 3.69. The van der Waals surface area contributed by atoms with Crippen molar-refractivity contribution in [2.45, 2.75) is 38.2 Å². The standard InChI is InChI=1S/C15H21FN4O3S/c1-4-10(2)7-14-18-15(9-23-3)20(19-14)13-8-11(24(17,21)22)5-6-12(13)16/h5-6,8,10H,4,7,9H2,1-3H3,(H2,17,21,22). The Balaban J connectivity index is 2.54. The lowest BCUT2D eigenvalue weighted by atomic mass is 10.1. The highest BCUT2D eigenvalue weighted by Crippen LogP contribution is 2.20. The van der Waals surface area contributed by atoms with Crippen molar-refractivity contribution in [3.63, 3.8) is 0 Å². The van der Waals surface area contributed by atoms with Crippen LogP contribution in [0.3, 0.4) is 0 Å². The minimum atomic E-state index is -3.95. The average Bonchev–Trinajstić information content (AvgIpc) is 2.89. The van der Waals surface area contributed by atoms with Crippen LogP contribution >= 0.6 is 0 Å². The van der Waals surface area contributed by atoms with Crippen LogP contribution in [0.5, 0.6) is 0 Å². The van der Waals surface area contributed by atoms with Crippen LogP contribution in [0.1, 0.15) is 31.9 Å². The molecule has 0 saturated heterocycles. The summed E-state index contributed by atoms with van der Waals surface area (Å²) >= 11 is 0. The summed E-state index contributed by atoms with van der Waals surface area (Å²) in [7, 11) is -2.46. The second kappa shape index (κ2) is 7.37. The molecule has 0 bridgehead atoms. The summed E-state index contributed by atoms with van der Waals surface area (Å²) in [6, 6.07) is 3.30. The number of rotatable bonds is 7. The van der Waals surface area contributed by atoms with Gasteiger partial charge in [0, 0.05) is 13.5 Å². The average molecular weight is 356 g/mol. The Hall–Kier alpha value is -1.84. The molecule has 132 valence electrons. The fraction of sp³-hybridized carbons (Fsp3) is 0.467. The molecule has 0 saturated carbocycles. The van der Waals surface area contributed by atoms with Gasteiger partial charge in [0.05, 0.1) is 4.90 Å². The van der Waals surface area contributed by atoms with E-state index in [2.05, 4.69) is 23.9 Å². The quantitative estimate of drug-likeness (QED) is 0.815. The summed E-state index contributed by atoms with van der Waals surface area (Å²) in [5, 5.41) is 9.44. The van der Waals surface area contributed by atoms with E-state index in [-0.39, 0.29) is 17.2 Å². The number of sulfonamides is 1. The van der Waals surface area contributed by atoms with Gasteiger partial charge in [0.2, 0.25) is 10.0 Å². The molecule has 1 atom stereocenters. The number of nitrogens with zero attached hydrogens (tertiary/aromatic N) is 3. The number of aromatic nitrogens is 3. The Morgan fingerprint density at radius 3 is 2.71 bits per heavy atom. The number of benzene rings is 1. The maximum atomic E-state index is 14.2. The SMILES string of the molecule is CCC(C)Cc1nc(COC)n(-c2cc(S(N)(=O)=O)ccc2F)n1. The Morgan fingerprint density at radius 1 is 1.42 bits per heavy atom. The minimum Gasteiger partial charge on any atom is -0.377 e. The number of primary sulfonamides is 1. The van der Waals surface area contributed by atoms with Crippen LogP contribution < -0.4 is 5.14 Å². The van der Waals surface area contributed by atoms with Gasteiger partial charge < -0.3 is 4.74 Å². The first-order chi connectivity index (χ1) is 11.3. The number of nitrogens with two attached hydrogens (primary N) is 1. The van der Waals surface area contributed by atoms with Crippen molar-refractivity contribution >= 4 is 10.0 Å². The van der Waals surface area contributed by atoms with Gasteiger partial charge in [0.1, 0.15) is 18.1 Å². The molecule has 0 radical (unpaired) electrons. The Morgan fingerprint density at radius 2 is 2.12 bits per heavy atom. The molecule has 0 aliphatic heterocycles. The topological polar surface area (TPSA) is 100 Å². The molecule has 7 nitrogen and oxygen atoms in total. The van der Waals surface area contributed by atoms with Crippen LogP contribution in [0.15, 0.2) is 23.1 Å². The maximum absolute atomic E-state index is 14.2. The summed E-state index contributed by atoms with van der Waals surface area (Å²) in [4.78, 5) is 4.18. The number of halogens is 1. The van der Waals surface area contributed by atoms with Gasteiger partial charge in [-0.25, -0.2) is 27.6 Å². The molecular weight excluding hydrogens is 335 g/mol. The molecule has 0 aliphatic carbocycles. The van der Waals surface area contributed by atoms with Gasteiger partial charge in [-0.3, -0.25) is 0 Å². The van der Waals surface area contributed by atoms with Gasteiger partial charge in [0.15, 0.2) is 11.6 Å². The first-order valence-electron chi connectivity index (χ1n) is 7.52. The molecule has 1 aromatic carbocycles. The first-order valence-corrected chi connectivity index (χ1v) is 9.07. The van der Waals surface area contributed by atoms with E-state index in [4.69, 9.17) is 9.88 Å². The normalized spacial score (nSPS) is 13.2. The maximum Gasteiger partial charge on any atom is 0.238 e. The smallest absolute Gasteiger partial charge is 0.238 e. The third-order valence-corrected chi connectivity index (χ3v) is 4.60. The van der Waals surface area contributed by atoms with Crippen molar-refractivity contribution in [2.24, 2.45) is 11.1 Å². The molecule has 2 aromatic rings. The van der Waals surface area contributed by atoms with E-state index in [9.17, 15) is 12.8 Å². The summed E-state index contributed by atoms with van der Waals surface area (Å²) in [6.45, 7) is 4.25. The van der Waals surface area contributed by atoms with Gasteiger partial charge in [0.25, 0.3) is 0 Å². The van der Waals surface area contributed by atoms with E-state index in [0.29, 0.717) is 24.0 Å². The van der Waals surface area contributed by atoms with E-state index in [1.165, 1.54) is 11.8 Å². The molecule has 0 spiro atoms. The molecule has 0 aliphatic rings. The zero-order valence-electron chi connectivity index (χ0n) is 13.9. The fourth-order valence-electron chi connectivity index (χ4n) is 2.18. The molecule has 1 heterocycles. The van der Waals surface area contributed by atoms with Crippen molar-refractivity contribution in [1.29, 1.82) is 0 Å². The fourth-order valence-corrected chi connectivity index (χ4v) is 2.72. The van der Waals surface area contributed by atoms with E-state index in [1.54, 1.807) is 0 Å². The lowest BCUT2D eigenvalue weighted by Crippen LogP contribution is -2.14. The molecule has 2 N–H and O–H groups in total. The molecule has 24 heavy (non-hydrogen) atoms. The van der Waals surface area contributed by atoms with E-state index >= 15 is 0 Å². The van der Waals surface area contributed by atoms with Crippen molar-refractivity contribution in [1.82, 2.24) is 14.8 Å². The number of ether oxygens (including phenoxy) is 1. The first kappa shape index (κ1) is 18.5. The Labute approximate surface area is 140 Å². The van der Waals surface area contributed by atoms with Crippen molar-refractivity contribution in [3.8, 4) is 5.69 Å². The highest BCUT2D eigenvalue weighted by atomic mass is 32.2. The zero-order chi connectivity index (χ0) is 17.9. The predicted octanol–water partition coefficient (Wildman–Crippen LogP) is 1.79. The van der Waals surface area contributed by atoms with Crippen LogP contribution in [-0.2, 0) is 27.8 Å². The minimum absolute atomic E-state index is 0.0310. The highest BCUT2D eigenvalue weighted by Gasteiger charge is 2.18. The lowest BCUT2D eigenvalue weighted by molar-refractivity contribution is 0.175. The predicted molar refractivity (Wildman–Crippen MR) is 86.6 cm³/mol. The summed E-state index contributed by atoms with van der Waals surface area (Å²) < 4.78 is 43.6. The van der Waals surface area contributed by atoms with Crippen LogP contribution in [0, 0.1) is 11.7 Å². The Bertz CT molecular complexity index is 820. The molecular formula is C15H21FN4O3S. The van der Waals surface area contributed by atoms with E-state index in [1.807, 2.05) is 0 Å². The monoisotopic (exact) mass is 356 g/mol. The van der Waals surface area contributed by atoms with Crippen molar-refractivity contribution in [2.75, 3.05) is 7.11 Å². The van der Waals surface area contributed by atoms with Gasteiger partial charge >= 0.3 is 0 Å². The number of hydrogen-bond donors (Lipinski definition) is 1. The number of hydrogen-bond acceptors (Lipinski definition) is 5. The molecule has 1 unspecified atom stereocenters. The van der Waals surface area contributed by atoms with Crippen LogP contribution in [0.2, 0.25) is 0 Å². The lowest BCUT2D eigenvalue weighted by Gasteiger charge is -2.08. The molecule has 2 rings (SSSR count). The third kappa shape index (κ3) is 4.16. The molecule has 0 fully saturated rings. The van der Waals surface area contributed by atoms with Gasteiger partial charge in [-0.15, -0.1) is 0 Å². The number of methoxy groups -OCH3 is 1. The van der Waals surface area contributed by atoms with Gasteiger partial charge in [-0.05, 0) is 24.1 Å². The summed E-state index contributed by atoms with van der Waals surface area (Å²) in [5.74, 6) is 0.690. The summed E-state index contributed by atoms with van der Waals surface area (Å²) in [6.07, 6.45) is 1.60. The van der Waals surface area contributed by atoms with Crippen LogP contribution in [0.25, 0.3) is 5.69 Å². The molecule has 0 amide bonds. The van der Waals surface area contributed by atoms with Gasteiger partial charge in [-0.2, -0.15) is 5.10 Å². The summed E-state index contributed by atoms with van der Waals surface area (Å²) in [5.41, 5.74) is -0.0310. The molecule has 9 heteroatoms. The molecule has 1 aromatic heterocycles. The second-order valence-corrected chi connectivity index (χ2v) is 7.23.